The van der Waals surface area contributed by atoms with Gasteiger partial charge in [-0.25, -0.2) is 0 Å². The normalized spacial score (nSPS) is 23.7. The predicted octanol–water partition coefficient (Wildman–Crippen LogP) is 3.49. The third-order valence-electron chi connectivity index (χ3n) is 4.62. The summed E-state index contributed by atoms with van der Waals surface area (Å²) in [6, 6.07) is 8.49. The van der Waals surface area contributed by atoms with Crippen molar-refractivity contribution in [3.63, 3.8) is 0 Å². The van der Waals surface area contributed by atoms with Gasteiger partial charge in [-0.3, -0.25) is 10.9 Å². The first-order chi connectivity index (χ1) is 11.0. The average molecular weight is 351 g/mol. The van der Waals surface area contributed by atoms with Crippen LogP contribution >= 0.6 is 24.4 Å². The molecule has 1 saturated carbocycles. The zero-order chi connectivity index (χ0) is 16.8. The molecule has 0 bridgehead atoms. The van der Waals surface area contributed by atoms with Gasteiger partial charge in [0.1, 0.15) is 0 Å². The molecule has 6 heteroatoms. The first-order valence-corrected chi connectivity index (χ1v) is 8.97. The number of hydrogen-bond donors (Lipinski definition) is 4. The number of anilines is 1. The van der Waals surface area contributed by atoms with E-state index in [0.717, 1.165) is 11.6 Å². The maximum absolute atomic E-state index is 5.35. The van der Waals surface area contributed by atoms with Crippen LogP contribution in [0.5, 0.6) is 0 Å². The van der Waals surface area contributed by atoms with Crippen LogP contribution in [0.25, 0.3) is 0 Å². The number of benzene rings is 1. The highest BCUT2D eigenvalue weighted by molar-refractivity contribution is 7.80. The van der Waals surface area contributed by atoms with Crippen LogP contribution in [0.1, 0.15) is 38.7 Å². The van der Waals surface area contributed by atoms with Gasteiger partial charge in [-0.2, -0.15) is 0 Å². The third-order valence-corrected chi connectivity index (χ3v) is 5.05. The Morgan fingerprint density at radius 3 is 2.35 bits per heavy atom. The van der Waals surface area contributed by atoms with Crippen molar-refractivity contribution in [2.45, 2.75) is 46.1 Å². The van der Waals surface area contributed by atoms with E-state index in [1.54, 1.807) is 0 Å². The molecule has 0 radical (unpaired) electrons. The molecule has 3 atom stereocenters. The van der Waals surface area contributed by atoms with Gasteiger partial charge in [0, 0.05) is 11.7 Å². The molecule has 1 aliphatic carbocycles. The number of hydrazine groups is 1. The highest BCUT2D eigenvalue weighted by atomic mass is 32.1. The summed E-state index contributed by atoms with van der Waals surface area (Å²) in [6.45, 7) is 6.66. The fraction of sp³-hybridized carbons (Fsp3) is 0.529. The minimum Gasteiger partial charge on any atom is -0.358 e. The van der Waals surface area contributed by atoms with Gasteiger partial charge in [-0.05, 0) is 61.7 Å². The van der Waals surface area contributed by atoms with E-state index < -0.39 is 0 Å². The molecule has 0 saturated heterocycles. The summed E-state index contributed by atoms with van der Waals surface area (Å²) in [5, 5.41) is 7.59. The summed E-state index contributed by atoms with van der Waals surface area (Å²) in [6.07, 6.45) is 3.73. The van der Waals surface area contributed by atoms with Crippen LogP contribution < -0.4 is 21.5 Å². The summed E-state index contributed by atoms with van der Waals surface area (Å²) in [4.78, 5) is 0. The highest BCUT2D eigenvalue weighted by Crippen LogP contribution is 2.29. The zero-order valence-electron chi connectivity index (χ0n) is 14.0. The Bertz CT molecular complexity index is 544. The molecule has 1 fully saturated rings. The molecular formula is C17H26N4S2. The van der Waals surface area contributed by atoms with Crippen LogP contribution in [0.15, 0.2) is 24.3 Å². The van der Waals surface area contributed by atoms with Gasteiger partial charge in [-0.1, -0.05) is 44.4 Å². The maximum atomic E-state index is 5.35. The zero-order valence-corrected chi connectivity index (χ0v) is 15.6. The Hall–Kier alpha value is -1.40. The minimum atomic E-state index is 0.430. The molecule has 1 aromatic rings. The molecule has 0 spiro atoms. The van der Waals surface area contributed by atoms with Crippen LogP contribution in [0.2, 0.25) is 0 Å². The van der Waals surface area contributed by atoms with Gasteiger partial charge >= 0.3 is 0 Å². The van der Waals surface area contributed by atoms with E-state index in [1.807, 2.05) is 24.3 Å². The van der Waals surface area contributed by atoms with E-state index in [-0.39, 0.29) is 0 Å². The first kappa shape index (κ1) is 17.9. The number of rotatable bonds is 2. The van der Waals surface area contributed by atoms with Crippen LogP contribution in [0.3, 0.4) is 0 Å². The maximum Gasteiger partial charge on any atom is 0.189 e. The molecule has 0 unspecified atom stereocenters. The molecule has 23 heavy (non-hydrogen) atoms. The van der Waals surface area contributed by atoms with Gasteiger partial charge < -0.3 is 10.6 Å². The van der Waals surface area contributed by atoms with Crippen LogP contribution in [-0.2, 0) is 0 Å². The molecule has 0 amide bonds. The summed E-state index contributed by atoms with van der Waals surface area (Å²) in [5.41, 5.74) is 8.06. The average Bonchev–Trinajstić information content (AvgIpc) is 2.52. The molecule has 2 rings (SSSR count). The quantitative estimate of drug-likeness (QED) is 0.484. The summed E-state index contributed by atoms with van der Waals surface area (Å²) < 4.78 is 0. The van der Waals surface area contributed by atoms with Crippen molar-refractivity contribution >= 4 is 40.3 Å². The summed E-state index contributed by atoms with van der Waals surface area (Å²) >= 11 is 10.6. The standard InChI is InChI=1S/C17H26N4S2/c1-11-7-9-14(10-8-11)18-16(22)20-21-17(23)19-15-6-4-5-12(2)13(15)3/h7-10,12-13,15H,4-6H2,1-3H3,(H2,18,20,22)(H2,19,21,23)/t12-,13+,15+/m1/s1. The molecule has 1 aromatic carbocycles. The topological polar surface area (TPSA) is 48.1 Å². The molecule has 0 aromatic heterocycles. The van der Waals surface area contributed by atoms with Crippen molar-refractivity contribution in [3.05, 3.63) is 29.8 Å². The van der Waals surface area contributed by atoms with Gasteiger partial charge in [0.2, 0.25) is 0 Å². The molecule has 1 aliphatic rings. The van der Waals surface area contributed by atoms with E-state index in [4.69, 9.17) is 24.4 Å². The van der Waals surface area contributed by atoms with E-state index >= 15 is 0 Å². The fourth-order valence-electron chi connectivity index (χ4n) is 2.90. The van der Waals surface area contributed by atoms with Crippen molar-refractivity contribution in [1.82, 2.24) is 16.2 Å². The smallest absolute Gasteiger partial charge is 0.189 e. The molecule has 4 nitrogen and oxygen atoms in total. The Balaban J connectivity index is 1.73. The lowest BCUT2D eigenvalue weighted by Crippen LogP contribution is -2.53. The van der Waals surface area contributed by atoms with Crippen LogP contribution in [0, 0.1) is 18.8 Å². The van der Waals surface area contributed by atoms with Crippen molar-refractivity contribution in [2.75, 3.05) is 5.32 Å². The second-order valence-electron chi connectivity index (χ2n) is 6.42. The molecule has 126 valence electrons. The number of aryl methyl sites for hydroxylation is 1. The van der Waals surface area contributed by atoms with Gasteiger partial charge in [0.25, 0.3) is 0 Å². The second-order valence-corrected chi connectivity index (χ2v) is 7.23. The number of nitrogens with one attached hydrogen (secondary N) is 4. The van der Waals surface area contributed by atoms with Crippen molar-refractivity contribution < 1.29 is 0 Å². The molecular weight excluding hydrogens is 324 g/mol. The third kappa shape index (κ3) is 5.62. The summed E-state index contributed by atoms with van der Waals surface area (Å²) in [7, 11) is 0. The molecule has 0 aliphatic heterocycles. The number of thiocarbonyl (C=S) groups is 2. The van der Waals surface area contributed by atoms with Crippen molar-refractivity contribution in [2.24, 2.45) is 11.8 Å². The largest absolute Gasteiger partial charge is 0.358 e. The van der Waals surface area contributed by atoms with Gasteiger partial charge in [0.15, 0.2) is 10.2 Å². The monoisotopic (exact) mass is 350 g/mol. The Labute approximate surface area is 149 Å². The lowest BCUT2D eigenvalue weighted by atomic mass is 9.78. The van der Waals surface area contributed by atoms with Crippen LogP contribution in [-0.4, -0.2) is 16.3 Å². The molecule has 4 N–H and O–H groups in total. The highest BCUT2D eigenvalue weighted by Gasteiger charge is 2.27. The fourth-order valence-corrected chi connectivity index (χ4v) is 3.27. The Morgan fingerprint density at radius 2 is 1.65 bits per heavy atom. The molecule has 0 heterocycles. The predicted molar refractivity (Wildman–Crippen MR) is 105 cm³/mol. The second kappa shape index (κ2) is 8.45. The van der Waals surface area contributed by atoms with Gasteiger partial charge in [0.05, 0.1) is 0 Å². The minimum absolute atomic E-state index is 0.430. The van der Waals surface area contributed by atoms with E-state index in [2.05, 4.69) is 42.3 Å². The lowest BCUT2D eigenvalue weighted by Gasteiger charge is -2.35. The van der Waals surface area contributed by atoms with Crippen molar-refractivity contribution in [1.29, 1.82) is 0 Å². The number of hydrogen-bond acceptors (Lipinski definition) is 2. The van der Waals surface area contributed by atoms with Crippen LogP contribution in [0.4, 0.5) is 5.69 Å². The van der Waals surface area contributed by atoms with E-state index in [0.29, 0.717) is 22.2 Å². The van der Waals surface area contributed by atoms with Gasteiger partial charge in [-0.15, -0.1) is 0 Å². The van der Waals surface area contributed by atoms with E-state index in [9.17, 15) is 0 Å². The SMILES string of the molecule is Cc1ccc(NC(=S)NNC(=S)N[C@H]2CCC[C@@H](C)[C@@H]2C)cc1. The lowest BCUT2D eigenvalue weighted by molar-refractivity contribution is 0.224. The summed E-state index contributed by atoms with van der Waals surface area (Å²) in [5.74, 6) is 1.36. The van der Waals surface area contributed by atoms with Crippen molar-refractivity contribution in [3.8, 4) is 0 Å². The Kier molecular flexibility index (Phi) is 6.59. The Morgan fingerprint density at radius 1 is 1.00 bits per heavy atom. The first-order valence-electron chi connectivity index (χ1n) is 8.16. The van der Waals surface area contributed by atoms with E-state index in [1.165, 1.54) is 24.8 Å².